The van der Waals surface area contributed by atoms with Gasteiger partial charge in [0.1, 0.15) is 5.75 Å². The molecule has 180 valence electrons. The lowest BCUT2D eigenvalue weighted by Crippen LogP contribution is -2.22. The molecule has 1 saturated carbocycles. The Hall–Kier alpha value is -2.89. The molecule has 0 unspecified atom stereocenters. The van der Waals surface area contributed by atoms with Gasteiger partial charge in [-0.1, -0.05) is 50.1 Å². The van der Waals surface area contributed by atoms with Gasteiger partial charge in [-0.15, -0.1) is 0 Å². The van der Waals surface area contributed by atoms with Crippen LogP contribution >= 0.6 is 0 Å². The van der Waals surface area contributed by atoms with Crippen LogP contribution in [0.4, 0.5) is 22.0 Å². The van der Waals surface area contributed by atoms with Gasteiger partial charge >= 0.3 is 6.11 Å². The third-order valence-corrected chi connectivity index (χ3v) is 6.68. The molecule has 3 aromatic carbocycles. The van der Waals surface area contributed by atoms with Gasteiger partial charge in [-0.25, -0.2) is 13.2 Å². The van der Waals surface area contributed by atoms with E-state index in [1.165, 1.54) is 62.1 Å². The molecular weight excluding hydrogens is 447 g/mol. The van der Waals surface area contributed by atoms with Gasteiger partial charge in [0.15, 0.2) is 17.5 Å². The highest BCUT2D eigenvalue weighted by Crippen LogP contribution is 2.40. The number of ether oxygens (including phenoxy) is 1. The second kappa shape index (κ2) is 10.2. The van der Waals surface area contributed by atoms with Gasteiger partial charge in [-0.05, 0) is 79.0 Å². The summed E-state index contributed by atoms with van der Waals surface area (Å²) in [6.45, 7) is 2.20. The zero-order valence-corrected chi connectivity index (χ0v) is 19.0. The molecule has 1 nitrogen and oxygen atoms in total. The smallest absolute Gasteiger partial charge is 0.426 e. The maximum absolute atomic E-state index is 15.0. The largest absolute Gasteiger partial charge is 0.428 e. The maximum atomic E-state index is 15.0. The zero-order chi connectivity index (χ0) is 24.3. The fourth-order valence-corrected chi connectivity index (χ4v) is 4.84. The molecule has 0 aromatic heterocycles. The fourth-order valence-electron chi connectivity index (χ4n) is 4.84. The van der Waals surface area contributed by atoms with Crippen LogP contribution in [-0.4, -0.2) is 0 Å². The lowest BCUT2D eigenvalue weighted by Gasteiger charge is -2.29. The second-order valence-electron chi connectivity index (χ2n) is 9.00. The monoisotopic (exact) mass is 474 g/mol. The van der Waals surface area contributed by atoms with Crippen molar-refractivity contribution >= 4 is 0 Å². The molecule has 1 aliphatic carbocycles. The Kier molecular flexibility index (Phi) is 7.24. The highest BCUT2D eigenvalue weighted by atomic mass is 19.3. The van der Waals surface area contributed by atoms with E-state index in [-0.39, 0.29) is 22.4 Å². The predicted octanol–water partition coefficient (Wildman–Crippen LogP) is 8.97. The van der Waals surface area contributed by atoms with E-state index >= 15 is 8.78 Å². The summed E-state index contributed by atoms with van der Waals surface area (Å²) >= 11 is 0. The average Bonchev–Trinajstić information content (AvgIpc) is 2.83. The van der Waals surface area contributed by atoms with Gasteiger partial charge in [-0.2, -0.15) is 8.78 Å². The van der Waals surface area contributed by atoms with Gasteiger partial charge in [0.2, 0.25) is 0 Å². The predicted molar refractivity (Wildman–Crippen MR) is 122 cm³/mol. The van der Waals surface area contributed by atoms with Crippen molar-refractivity contribution in [3.63, 3.8) is 0 Å². The lowest BCUT2D eigenvalue weighted by atomic mass is 9.77. The molecule has 6 heteroatoms. The summed E-state index contributed by atoms with van der Waals surface area (Å²) in [7, 11) is 0. The third kappa shape index (κ3) is 5.26. The number of alkyl halides is 2. The van der Waals surface area contributed by atoms with Crippen LogP contribution in [0.5, 0.6) is 5.75 Å². The first kappa shape index (κ1) is 24.2. The topological polar surface area (TPSA) is 9.23 Å². The summed E-state index contributed by atoms with van der Waals surface area (Å²) in [6.07, 6.45) is 3.22. The van der Waals surface area contributed by atoms with Crippen LogP contribution in [0.2, 0.25) is 0 Å². The van der Waals surface area contributed by atoms with Crippen molar-refractivity contribution in [3.05, 3.63) is 89.2 Å². The van der Waals surface area contributed by atoms with Gasteiger partial charge in [0.25, 0.3) is 0 Å². The molecule has 34 heavy (non-hydrogen) atoms. The molecule has 0 amide bonds. The van der Waals surface area contributed by atoms with E-state index in [1.54, 1.807) is 12.1 Å². The molecule has 1 aliphatic rings. The molecule has 4 rings (SSSR count). The normalized spacial score (nSPS) is 18.6. The zero-order valence-electron chi connectivity index (χ0n) is 19.0. The van der Waals surface area contributed by atoms with E-state index in [0.717, 1.165) is 36.5 Å². The highest BCUT2D eigenvalue weighted by molar-refractivity contribution is 5.70. The third-order valence-electron chi connectivity index (χ3n) is 6.68. The van der Waals surface area contributed by atoms with Crippen molar-refractivity contribution in [1.29, 1.82) is 0 Å². The Morgan fingerprint density at radius 1 is 0.853 bits per heavy atom. The molecule has 0 saturated heterocycles. The molecule has 0 bridgehead atoms. The van der Waals surface area contributed by atoms with Crippen LogP contribution < -0.4 is 4.74 Å². The Bertz CT molecular complexity index is 1090. The summed E-state index contributed by atoms with van der Waals surface area (Å²) in [5.74, 6) is -3.56. The number of para-hydroxylation sites is 1. The average molecular weight is 475 g/mol. The summed E-state index contributed by atoms with van der Waals surface area (Å²) in [6, 6.07) is 13.4. The molecular formula is C28H27F5O. The van der Waals surface area contributed by atoms with Crippen LogP contribution in [0.25, 0.3) is 11.1 Å². The Labute approximate surface area is 196 Å². The number of hydrogen-bond donors (Lipinski definition) is 0. The van der Waals surface area contributed by atoms with Crippen LogP contribution in [0.15, 0.2) is 60.7 Å². The van der Waals surface area contributed by atoms with Crippen molar-refractivity contribution in [2.24, 2.45) is 5.92 Å². The highest BCUT2D eigenvalue weighted by Gasteiger charge is 2.35. The molecule has 1 fully saturated rings. The first-order valence-corrected chi connectivity index (χ1v) is 11.7. The molecule has 0 N–H and O–H groups in total. The number of halogens is 5. The van der Waals surface area contributed by atoms with Crippen LogP contribution in [0.1, 0.15) is 62.5 Å². The fraction of sp³-hybridized carbons (Fsp3) is 0.357. The minimum Gasteiger partial charge on any atom is -0.428 e. The first-order valence-electron chi connectivity index (χ1n) is 11.7. The Balaban J connectivity index is 1.52. The minimum absolute atomic E-state index is 0.0282. The van der Waals surface area contributed by atoms with E-state index in [9.17, 15) is 13.2 Å². The molecule has 0 radical (unpaired) electrons. The number of hydrogen-bond acceptors (Lipinski definition) is 1. The van der Waals surface area contributed by atoms with E-state index in [0.29, 0.717) is 5.92 Å². The number of rotatable bonds is 7. The molecule has 0 aliphatic heterocycles. The standard InChI is InChI=1S/C28H27F5O/c1-2-5-18-8-10-19(11-9-18)20-12-14-22(15-13-20)28(32,33)34-26-7-4-3-6-23(26)21-16-24(29)27(31)25(30)17-21/h3-4,6-7,12-19H,2,5,8-11H2,1H3/t18-,19-. The van der Waals surface area contributed by atoms with Crippen molar-refractivity contribution in [1.82, 2.24) is 0 Å². The van der Waals surface area contributed by atoms with Gasteiger partial charge in [-0.3, -0.25) is 0 Å². The van der Waals surface area contributed by atoms with Gasteiger partial charge in [0, 0.05) is 5.56 Å². The second-order valence-corrected chi connectivity index (χ2v) is 9.00. The van der Waals surface area contributed by atoms with Crippen molar-refractivity contribution in [2.75, 3.05) is 0 Å². The van der Waals surface area contributed by atoms with E-state index in [1.807, 2.05) is 0 Å². The van der Waals surface area contributed by atoms with Crippen LogP contribution in [-0.2, 0) is 6.11 Å². The van der Waals surface area contributed by atoms with Crippen LogP contribution in [0.3, 0.4) is 0 Å². The minimum atomic E-state index is -3.68. The van der Waals surface area contributed by atoms with Crippen LogP contribution in [0, 0.1) is 23.4 Å². The Morgan fingerprint density at radius 3 is 2.09 bits per heavy atom. The SMILES string of the molecule is CCC[C@H]1CC[C@H](c2ccc(C(F)(F)Oc3ccccc3-c3cc(F)c(F)c(F)c3)cc2)CC1. The summed E-state index contributed by atoms with van der Waals surface area (Å²) in [4.78, 5) is 0. The maximum Gasteiger partial charge on any atom is 0.426 e. The van der Waals surface area contributed by atoms with Gasteiger partial charge < -0.3 is 4.74 Å². The summed E-state index contributed by atoms with van der Waals surface area (Å²) in [5, 5.41) is 0. The number of benzene rings is 3. The van der Waals surface area contributed by atoms with Gasteiger partial charge in [0.05, 0.1) is 5.56 Å². The first-order chi connectivity index (χ1) is 16.3. The molecule has 0 heterocycles. The van der Waals surface area contributed by atoms with Crippen molar-refractivity contribution in [3.8, 4) is 16.9 Å². The molecule has 0 spiro atoms. The quantitative estimate of drug-likeness (QED) is 0.245. The van der Waals surface area contributed by atoms with E-state index in [4.69, 9.17) is 4.74 Å². The molecule has 0 atom stereocenters. The lowest BCUT2D eigenvalue weighted by molar-refractivity contribution is -0.185. The van der Waals surface area contributed by atoms with E-state index < -0.39 is 23.6 Å². The van der Waals surface area contributed by atoms with Crippen molar-refractivity contribution < 1.29 is 26.7 Å². The van der Waals surface area contributed by atoms with Crippen molar-refractivity contribution in [2.45, 2.75) is 57.5 Å². The van der Waals surface area contributed by atoms with E-state index in [2.05, 4.69) is 6.92 Å². The summed E-state index contributed by atoms with van der Waals surface area (Å²) in [5.41, 5.74) is 0.659. The Morgan fingerprint density at radius 2 is 1.47 bits per heavy atom. The summed E-state index contributed by atoms with van der Waals surface area (Å²) < 4.78 is 75.9. The molecule has 3 aromatic rings.